The highest BCUT2D eigenvalue weighted by Gasteiger charge is 2.37. The van der Waals surface area contributed by atoms with E-state index in [1.165, 1.54) is 18.6 Å². The average molecular weight is 388 g/mol. The third kappa shape index (κ3) is 3.14. The Morgan fingerprint density at radius 2 is 2.12 bits per heavy atom. The number of aliphatic hydroxyl groups is 1. The Morgan fingerprint density at radius 1 is 1.38 bits per heavy atom. The molecule has 2 N–H and O–H groups in total. The predicted octanol–water partition coefficient (Wildman–Crippen LogP) is 2.10. The molecule has 2 aromatic heterocycles. The smallest absolute Gasteiger partial charge is 0.349 e. The molecule has 24 heavy (non-hydrogen) atoms. The highest BCUT2D eigenvalue weighted by molar-refractivity contribution is 7.89. The maximum atomic E-state index is 12.5. The molecule has 0 amide bonds. The molecule has 1 unspecified atom stereocenters. The second kappa shape index (κ2) is 6.57. The van der Waals surface area contributed by atoms with Crippen LogP contribution in [-0.4, -0.2) is 33.1 Å². The molecule has 0 spiro atoms. The number of methoxy groups -OCH3 is 1. The summed E-state index contributed by atoms with van der Waals surface area (Å²) in [5, 5.41) is 14.3. The van der Waals surface area contributed by atoms with Crippen molar-refractivity contribution in [2.45, 2.75) is 29.8 Å². The Bertz CT molecular complexity index is 854. The number of hydrogen-bond donors (Lipinski definition) is 2. The summed E-state index contributed by atoms with van der Waals surface area (Å²) in [6.07, 6.45) is 2.20. The highest BCUT2D eigenvalue weighted by Crippen LogP contribution is 2.38. The zero-order chi connectivity index (χ0) is 17.4. The molecule has 2 aromatic rings. The maximum Gasteiger partial charge on any atom is 0.349 e. The second-order valence-electron chi connectivity index (χ2n) is 5.57. The van der Waals surface area contributed by atoms with Gasteiger partial charge in [-0.05, 0) is 47.7 Å². The number of sulfonamides is 1. The molecule has 0 bridgehead atoms. The lowest BCUT2D eigenvalue weighted by Crippen LogP contribution is -2.42. The molecule has 0 aliphatic heterocycles. The largest absolute Gasteiger partial charge is 0.465 e. The van der Waals surface area contributed by atoms with E-state index in [0.717, 1.165) is 34.6 Å². The lowest BCUT2D eigenvalue weighted by molar-refractivity contribution is 0.0252. The number of aryl methyl sites for hydroxylation is 1. The molecule has 0 radical (unpaired) electrons. The molecule has 0 saturated carbocycles. The van der Waals surface area contributed by atoms with Crippen LogP contribution in [0.1, 0.15) is 33.0 Å². The van der Waals surface area contributed by atoms with Gasteiger partial charge in [-0.2, -0.15) is 0 Å². The van der Waals surface area contributed by atoms with Crippen LogP contribution in [0.25, 0.3) is 0 Å². The predicted molar refractivity (Wildman–Crippen MR) is 92.0 cm³/mol. The number of rotatable bonds is 5. The van der Waals surface area contributed by atoms with E-state index in [2.05, 4.69) is 9.46 Å². The Hall–Kier alpha value is -1.26. The monoisotopic (exact) mass is 387 g/mol. The number of thiophene rings is 2. The summed E-state index contributed by atoms with van der Waals surface area (Å²) in [6.45, 7) is -0.129. The maximum absolute atomic E-state index is 12.5. The summed E-state index contributed by atoms with van der Waals surface area (Å²) in [5.41, 5.74) is -0.429. The van der Waals surface area contributed by atoms with Crippen LogP contribution in [0.3, 0.4) is 0 Å². The number of nitrogens with one attached hydrogen (secondary N) is 1. The van der Waals surface area contributed by atoms with Gasteiger partial charge in [-0.1, -0.05) is 0 Å². The van der Waals surface area contributed by atoms with E-state index in [4.69, 9.17) is 0 Å². The first kappa shape index (κ1) is 17.6. The van der Waals surface area contributed by atoms with Crippen molar-refractivity contribution in [1.29, 1.82) is 0 Å². The van der Waals surface area contributed by atoms with Crippen LogP contribution in [0.2, 0.25) is 0 Å². The number of hydrogen-bond acceptors (Lipinski definition) is 7. The van der Waals surface area contributed by atoms with Crippen LogP contribution in [0.4, 0.5) is 0 Å². The van der Waals surface area contributed by atoms with E-state index in [1.54, 1.807) is 11.3 Å². The number of ether oxygens (including phenoxy) is 1. The Labute approximate surface area is 148 Å². The third-order valence-corrected chi connectivity index (χ3v) is 7.53. The zero-order valence-corrected chi connectivity index (χ0v) is 15.4. The van der Waals surface area contributed by atoms with Crippen molar-refractivity contribution in [2.75, 3.05) is 13.7 Å². The van der Waals surface area contributed by atoms with Crippen LogP contribution in [0.15, 0.2) is 27.8 Å². The van der Waals surface area contributed by atoms with Crippen LogP contribution in [0.5, 0.6) is 0 Å². The lowest BCUT2D eigenvalue weighted by Gasteiger charge is -2.32. The Morgan fingerprint density at radius 3 is 2.88 bits per heavy atom. The Balaban J connectivity index is 1.82. The van der Waals surface area contributed by atoms with Crippen molar-refractivity contribution >= 4 is 38.7 Å². The summed E-state index contributed by atoms with van der Waals surface area (Å²) < 4.78 is 32.2. The zero-order valence-electron chi connectivity index (χ0n) is 12.9. The van der Waals surface area contributed by atoms with Gasteiger partial charge >= 0.3 is 5.97 Å². The molecule has 1 aliphatic rings. The summed E-state index contributed by atoms with van der Waals surface area (Å²) in [7, 11) is -2.72. The van der Waals surface area contributed by atoms with E-state index in [9.17, 15) is 18.3 Å². The summed E-state index contributed by atoms with van der Waals surface area (Å²) in [6, 6.07) is 3.21. The quantitative estimate of drug-likeness (QED) is 0.767. The summed E-state index contributed by atoms with van der Waals surface area (Å²) in [4.78, 5) is 12.7. The molecule has 6 nitrogen and oxygen atoms in total. The molecule has 3 rings (SSSR count). The fourth-order valence-corrected chi connectivity index (χ4v) is 6.29. The molecule has 9 heteroatoms. The van der Waals surface area contributed by atoms with Gasteiger partial charge < -0.3 is 9.84 Å². The van der Waals surface area contributed by atoms with E-state index in [1.807, 2.05) is 11.4 Å². The van der Waals surface area contributed by atoms with E-state index < -0.39 is 21.6 Å². The minimum Gasteiger partial charge on any atom is -0.465 e. The molecular weight excluding hydrogens is 370 g/mol. The molecule has 0 fully saturated rings. The molecule has 0 saturated heterocycles. The normalized spacial score (nSPS) is 20.6. The van der Waals surface area contributed by atoms with E-state index in [0.29, 0.717) is 6.42 Å². The van der Waals surface area contributed by atoms with Crippen molar-refractivity contribution in [2.24, 2.45) is 0 Å². The lowest BCUT2D eigenvalue weighted by atomic mass is 9.83. The molecule has 130 valence electrons. The standard InChI is InChI=1S/C15H17NO5S3/c1-21-14(17)13-12(5-8-23-13)24(19,20)16-9-15(18)6-2-3-11-10(15)4-7-22-11/h4-5,7-8,16,18H,2-3,6,9H2,1H3. The van der Waals surface area contributed by atoms with E-state index >= 15 is 0 Å². The van der Waals surface area contributed by atoms with Gasteiger partial charge in [0.2, 0.25) is 10.0 Å². The third-order valence-electron chi connectivity index (χ3n) is 4.09. The number of esters is 1. The second-order valence-corrected chi connectivity index (χ2v) is 9.22. The molecule has 0 aromatic carbocycles. The van der Waals surface area contributed by atoms with Gasteiger partial charge in [0.25, 0.3) is 0 Å². The first-order valence-corrected chi connectivity index (χ1v) is 10.6. The van der Waals surface area contributed by atoms with Gasteiger partial charge in [-0.3, -0.25) is 0 Å². The van der Waals surface area contributed by atoms with Crippen molar-refractivity contribution in [1.82, 2.24) is 4.72 Å². The van der Waals surface area contributed by atoms with Gasteiger partial charge in [-0.25, -0.2) is 17.9 Å². The van der Waals surface area contributed by atoms with Crippen molar-refractivity contribution in [3.63, 3.8) is 0 Å². The van der Waals surface area contributed by atoms with Crippen LogP contribution >= 0.6 is 22.7 Å². The molecule has 2 heterocycles. The number of carbonyl (C=O) groups is 1. The van der Waals surface area contributed by atoms with Gasteiger partial charge in [0.1, 0.15) is 15.4 Å². The summed E-state index contributed by atoms with van der Waals surface area (Å²) >= 11 is 2.58. The number of carbonyl (C=O) groups excluding carboxylic acids is 1. The fraction of sp³-hybridized carbons (Fsp3) is 0.400. The number of fused-ring (bicyclic) bond motifs is 1. The average Bonchev–Trinajstić information content (AvgIpc) is 3.22. The summed E-state index contributed by atoms with van der Waals surface area (Å²) in [5.74, 6) is -0.693. The molecule has 1 atom stereocenters. The fourth-order valence-electron chi connectivity index (χ4n) is 2.85. The van der Waals surface area contributed by atoms with Crippen LogP contribution in [-0.2, 0) is 26.8 Å². The van der Waals surface area contributed by atoms with E-state index in [-0.39, 0.29) is 16.3 Å². The topological polar surface area (TPSA) is 92.7 Å². The van der Waals surface area contributed by atoms with Crippen molar-refractivity contribution < 1.29 is 23.1 Å². The van der Waals surface area contributed by atoms with Crippen LogP contribution in [0, 0.1) is 0 Å². The van der Waals surface area contributed by atoms with Gasteiger partial charge in [0.15, 0.2) is 0 Å². The molecule has 1 aliphatic carbocycles. The minimum absolute atomic E-state index is 0.0249. The van der Waals surface area contributed by atoms with Crippen LogP contribution < -0.4 is 4.72 Å². The SMILES string of the molecule is COC(=O)c1sccc1S(=O)(=O)NCC1(O)CCCc2sccc21. The van der Waals surface area contributed by atoms with Gasteiger partial charge in [-0.15, -0.1) is 22.7 Å². The first-order valence-electron chi connectivity index (χ1n) is 7.32. The van der Waals surface area contributed by atoms with Gasteiger partial charge in [0, 0.05) is 11.4 Å². The van der Waals surface area contributed by atoms with Crippen molar-refractivity contribution in [3.8, 4) is 0 Å². The molecular formula is C15H17NO5S3. The van der Waals surface area contributed by atoms with Gasteiger partial charge in [0.05, 0.1) is 7.11 Å². The highest BCUT2D eigenvalue weighted by atomic mass is 32.2. The first-order chi connectivity index (χ1) is 11.4. The van der Waals surface area contributed by atoms with Crippen molar-refractivity contribution in [3.05, 3.63) is 38.2 Å². The minimum atomic E-state index is -3.92. The Kier molecular flexibility index (Phi) is 4.80.